The first-order valence-electron chi connectivity index (χ1n) is 8.77. The maximum absolute atomic E-state index is 13.7. The molecule has 0 radical (unpaired) electrons. The molecule has 0 aromatic heterocycles. The van der Waals surface area contributed by atoms with Gasteiger partial charge in [-0.15, -0.1) is 0 Å². The van der Waals surface area contributed by atoms with Gasteiger partial charge in [0.15, 0.2) is 5.78 Å². The Kier molecular flexibility index (Phi) is 11.1. The minimum atomic E-state index is -0.597. The number of carbonyl (C=O) groups excluding carboxylic acids is 1. The van der Waals surface area contributed by atoms with E-state index in [1.165, 1.54) is 12.2 Å². The molecule has 3 N–H and O–H groups in total. The number of benzene rings is 2. The number of hydrogen-bond acceptors (Lipinski definition) is 2. The topological polar surface area (TPSA) is 46.2 Å². The molecule has 0 aliphatic rings. The molecule has 0 spiro atoms. The van der Waals surface area contributed by atoms with Gasteiger partial charge < -0.3 is 39.7 Å². The van der Waals surface area contributed by atoms with E-state index < -0.39 is 11.6 Å². The third-order valence-electron chi connectivity index (χ3n) is 4.01. The van der Waals surface area contributed by atoms with Gasteiger partial charge in [0.25, 0.3) is 0 Å². The monoisotopic (exact) mass is 446 g/mol. The van der Waals surface area contributed by atoms with Crippen LogP contribution in [-0.2, 0) is 13.1 Å². The fourth-order valence-electron chi connectivity index (χ4n) is 2.84. The summed E-state index contributed by atoms with van der Waals surface area (Å²) in [5.74, 6) is -1.29. The lowest BCUT2D eigenvalue weighted by molar-refractivity contribution is -0.873. The van der Waals surface area contributed by atoms with E-state index >= 15 is 0 Å². The van der Waals surface area contributed by atoms with E-state index in [0.29, 0.717) is 29.8 Å². The number of quaternary nitrogens is 2. The quantitative estimate of drug-likeness (QED) is 0.294. The molecule has 0 unspecified atom stereocenters. The SMILES string of the molecule is C[NH+](C)Cc1cc(C(=O)/C=C/c2cc(F)ccc2F)cc(C[NH+](C)C)c1O.[Cl-].[Cl-]. The predicted octanol–water partition coefficient (Wildman–Crippen LogP) is -5.14. The molecule has 2 aromatic rings. The molecule has 0 aliphatic heterocycles. The van der Waals surface area contributed by atoms with Crippen LogP contribution in [-0.4, -0.2) is 39.1 Å². The number of aromatic hydroxyl groups is 1. The van der Waals surface area contributed by atoms with E-state index in [0.717, 1.165) is 28.0 Å². The van der Waals surface area contributed by atoms with Crippen molar-refractivity contribution in [2.24, 2.45) is 0 Å². The summed E-state index contributed by atoms with van der Waals surface area (Å²) in [6.45, 7) is 1.12. The molecule has 0 fully saturated rings. The molecule has 0 aliphatic carbocycles. The minimum Gasteiger partial charge on any atom is -1.00 e. The van der Waals surface area contributed by atoms with E-state index in [9.17, 15) is 18.7 Å². The van der Waals surface area contributed by atoms with Crippen molar-refractivity contribution in [2.45, 2.75) is 13.1 Å². The van der Waals surface area contributed by atoms with E-state index in [-0.39, 0.29) is 41.9 Å². The number of hydrogen-bond donors (Lipinski definition) is 3. The smallest absolute Gasteiger partial charge is 0.185 e. The molecule has 0 atom stereocenters. The van der Waals surface area contributed by atoms with Crippen molar-refractivity contribution in [1.82, 2.24) is 0 Å². The number of rotatable bonds is 7. The van der Waals surface area contributed by atoms with Gasteiger partial charge in [0.05, 0.1) is 28.2 Å². The lowest BCUT2D eigenvalue weighted by Crippen LogP contribution is -3.04. The molecule has 8 heteroatoms. The number of phenols is 1. The van der Waals surface area contributed by atoms with Crippen LogP contribution in [0.2, 0.25) is 0 Å². The number of nitrogens with one attached hydrogen (secondary N) is 2. The van der Waals surface area contributed by atoms with Crippen molar-refractivity contribution in [2.75, 3.05) is 28.2 Å². The Bertz CT molecular complexity index is 841. The first-order valence-corrected chi connectivity index (χ1v) is 8.77. The first-order chi connectivity index (χ1) is 12.7. The van der Waals surface area contributed by atoms with Crippen LogP contribution < -0.4 is 34.6 Å². The molecule has 29 heavy (non-hydrogen) atoms. The van der Waals surface area contributed by atoms with Gasteiger partial charge in [-0.05, 0) is 42.5 Å². The van der Waals surface area contributed by atoms with Crippen molar-refractivity contribution < 1.29 is 53.3 Å². The molecular formula is C21H26Cl2F2N2O2. The molecule has 2 rings (SSSR count). The highest BCUT2D eigenvalue weighted by atomic mass is 35.5. The summed E-state index contributed by atoms with van der Waals surface area (Å²) >= 11 is 0. The number of allylic oxidation sites excluding steroid dienone is 1. The van der Waals surface area contributed by atoms with Crippen LogP contribution >= 0.6 is 0 Å². The molecule has 2 aromatic carbocycles. The molecular weight excluding hydrogens is 421 g/mol. The zero-order valence-corrected chi connectivity index (χ0v) is 18.3. The van der Waals surface area contributed by atoms with Crippen LogP contribution in [0, 0.1) is 11.6 Å². The van der Waals surface area contributed by atoms with E-state index in [1.807, 2.05) is 28.2 Å². The van der Waals surface area contributed by atoms with Crippen molar-refractivity contribution in [1.29, 1.82) is 0 Å². The normalized spacial score (nSPS) is 10.9. The summed E-state index contributed by atoms with van der Waals surface area (Å²) in [7, 11) is 7.82. The molecule has 160 valence electrons. The average molecular weight is 447 g/mol. The van der Waals surface area contributed by atoms with Crippen LogP contribution in [0.4, 0.5) is 8.78 Å². The Morgan fingerprint density at radius 1 is 0.966 bits per heavy atom. The van der Waals surface area contributed by atoms with E-state index in [1.54, 1.807) is 12.1 Å². The maximum atomic E-state index is 13.7. The van der Waals surface area contributed by atoms with Crippen LogP contribution in [0.25, 0.3) is 6.08 Å². The van der Waals surface area contributed by atoms with Crippen LogP contribution in [0.15, 0.2) is 36.4 Å². The second kappa shape index (κ2) is 11.9. The number of carbonyl (C=O) groups is 1. The summed E-state index contributed by atoms with van der Waals surface area (Å²) < 4.78 is 27.0. The zero-order valence-electron chi connectivity index (χ0n) is 16.8. The van der Waals surface area contributed by atoms with Gasteiger partial charge in [0.1, 0.15) is 30.5 Å². The van der Waals surface area contributed by atoms with Gasteiger partial charge in [0, 0.05) is 22.3 Å². The first kappa shape index (κ1) is 27.0. The van der Waals surface area contributed by atoms with Gasteiger partial charge in [0.2, 0.25) is 0 Å². The maximum Gasteiger partial charge on any atom is 0.185 e. The van der Waals surface area contributed by atoms with E-state index in [2.05, 4.69) is 0 Å². The standard InChI is InChI=1S/C21H24F2N2O2.2ClH/c1-24(2)12-16-9-15(10-17(21(16)27)13-25(3)4)20(26)8-5-14-11-18(22)6-7-19(14)23;;/h5-11,27H,12-13H2,1-4H3;2*1H/b8-5+;;. The van der Waals surface area contributed by atoms with Gasteiger partial charge in [-0.1, -0.05) is 0 Å². The van der Waals surface area contributed by atoms with Crippen molar-refractivity contribution in [3.8, 4) is 5.75 Å². The second-order valence-electron chi connectivity index (χ2n) is 7.27. The molecule has 0 amide bonds. The molecule has 0 saturated carbocycles. The number of phenolic OH excluding ortho intramolecular Hbond substituents is 1. The lowest BCUT2D eigenvalue weighted by atomic mass is 10.00. The Morgan fingerprint density at radius 3 is 1.97 bits per heavy atom. The van der Waals surface area contributed by atoms with Crippen molar-refractivity contribution >= 4 is 11.9 Å². The highest BCUT2D eigenvalue weighted by Crippen LogP contribution is 2.24. The number of halogens is 4. The van der Waals surface area contributed by atoms with Gasteiger partial charge >= 0.3 is 0 Å². The fourth-order valence-corrected chi connectivity index (χ4v) is 2.84. The molecule has 0 saturated heterocycles. The summed E-state index contributed by atoms with van der Waals surface area (Å²) in [6, 6.07) is 6.41. The van der Waals surface area contributed by atoms with Crippen LogP contribution in [0.1, 0.15) is 27.0 Å². The van der Waals surface area contributed by atoms with Gasteiger partial charge in [-0.25, -0.2) is 8.78 Å². The third kappa shape index (κ3) is 7.74. The Labute approximate surface area is 182 Å². The van der Waals surface area contributed by atoms with Crippen LogP contribution in [0.5, 0.6) is 5.75 Å². The Hall–Kier alpha value is -1.99. The van der Waals surface area contributed by atoms with E-state index in [4.69, 9.17) is 0 Å². The second-order valence-corrected chi connectivity index (χ2v) is 7.27. The van der Waals surface area contributed by atoms with Crippen molar-refractivity contribution in [3.63, 3.8) is 0 Å². The summed E-state index contributed by atoms with van der Waals surface area (Å²) in [6.07, 6.45) is 2.49. The molecule has 4 nitrogen and oxygen atoms in total. The summed E-state index contributed by atoms with van der Waals surface area (Å²) in [5.41, 5.74) is 1.79. The molecule has 0 heterocycles. The highest BCUT2D eigenvalue weighted by molar-refractivity contribution is 6.07. The summed E-state index contributed by atoms with van der Waals surface area (Å²) in [4.78, 5) is 14.8. The largest absolute Gasteiger partial charge is 1.00 e. The third-order valence-corrected chi connectivity index (χ3v) is 4.01. The Morgan fingerprint density at radius 2 is 1.48 bits per heavy atom. The Balaban J connectivity index is 0.00000392. The molecule has 0 bridgehead atoms. The van der Waals surface area contributed by atoms with Crippen LogP contribution in [0.3, 0.4) is 0 Å². The average Bonchev–Trinajstić information content (AvgIpc) is 2.58. The van der Waals surface area contributed by atoms with Crippen molar-refractivity contribution in [3.05, 3.63) is 70.3 Å². The zero-order chi connectivity index (χ0) is 20.1. The lowest BCUT2D eigenvalue weighted by Gasteiger charge is -2.15. The van der Waals surface area contributed by atoms with Gasteiger partial charge in [-0.3, -0.25) is 4.79 Å². The van der Waals surface area contributed by atoms with Gasteiger partial charge in [-0.2, -0.15) is 0 Å². The minimum absolute atomic E-state index is 0. The fraction of sp³-hybridized carbons (Fsp3) is 0.286. The highest BCUT2D eigenvalue weighted by Gasteiger charge is 2.17. The predicted molar refractivity (Wildman–Crippen MR) is 101 cm³/mol. The summed E-state index contributed by atoms with van der Waals surface area (Å²) in [5, 5.41) is 10.5. The number of ketones is 1.